The van der Waals surface area contributed by atoms with Crippen molar-refractivity contribution in [3.63, 3.8) is 0 Å². The molecule has 3 N–H and O–H groups in total. The molecule has 2 aromatic rings. The van der Waals surface area contributed by atoms with Gasteiger partial charge in [0.15, 0.2) is 11.6 Å². The Hall–Kier alpha value is -1.85. The Labute approximate surface area is 110 Å². The Morgan fingerprint density at radius 2 is 1.84 bits per heavy atom. The van der Waals surface area contributed by atoms with E-state index in [1.165, 1.54) is 6.92 Å². The number of halogens is 2. The van der Waals surface area contributed by atoms with Crippen LogP contribution in [0.5, 0.6) is 0 Å². The van der Waals surface area contributed by atoms with Gasteiger partial charge in [-0.25, -0.2) is 8.78 Å². The van der Waals surface area contributed by atoms with Crippen molar-refractivity contribution in [3.8, 4) is 0 Å². The Bertz CT molecular complexity index is 558. The molecule has 0 aliphatic rings. The number of hydrogen-bond acceptors (Lipinski definition) is 3. The monoisotopic (exact) mass is 263 g/mol. The molecule has 5 heteroatoms. The highest BCUT2D eigenvalue weighted by atomic mass is 19.2. The number of hydrazine groups is 1. The number of benzene rings is 1. The van der Waals surface area contributed by atoms with Gasteiger partial charge >= 0.3 is 0 Å². The molecule has 0 saturated carbocycles. The van der Waals surface area contributed by atoms with Crippen LogP contribution in [0.15, 0.2) is 36.7 Å². The number of nitrogens with two attached hydrogens (primary N) is 1. The van der Waals surface area contributed by atoms with Gasteiger partial charge in [0.25, 0.3) is 0 Å². The van der Waals surface area contributed by atoms with Crippen molar-refractivity contribution < 1.29 is 8.78 Å². The lowest BCUT2D eigenvalue weighted by molar-refractivity contribution is 0.461. The van der Waals surface area contributed by atoms with Gasteiger partial charge in [0.2, 0.25) is 0 Å². The maximum Gasteiger partial charge on any atom is 0.163 e. The van der Waals surface area contributed by atoms with E-state index in [1.807, 2.05) is 12.1 Å². The summed E-state index contributed by atoms with van der Waals surface area (Å²) in [7, 11) is 0. The number of nitrogens with one attached hydrogen (secondary N) is 1. The van der Waals surface area contributed by atoms with Crippen molar-refractivity contribution in [2.45, 2.75) is 19.4 Å². The van der Waals surface area contributed by atoms with E-state index in [0.717, 1.165) is 5.56 Å². The lowest BCUT2D eigenvalue weighted by Crippen LogP contribution is -2.30. The van der Waals surface area contributed by atoms with E-state index in [1.54, 1.807) is 24.5 Å². The summed E-state index contributed by atoms with van der Waals surface area (Å²) in [6.45, 7) is 1.52. The Morgan fingerprint density at radius 3 is 2.47 bits per heavy atom. The Kier molecular flexibility index (Phi) is 4.19. The van der Waals surface area contributed by atoms with E-state index in [4.69, 9.17) is 5.84 Å². The van der Waals surface area contributed by atoms with Crippen LogP contribution in [0, 0.1) is 18.6 Å². The van der Waals surface area contributed by atoms with Crippen molar-refractivity contribution >= 4 is 0 Å². The van der Waals surface area contributed by atoms with Gasteiger partial charge in [-0.3, -0.25) is 16.3 Å². The highest BCUT2D eigenvalue weighted by molar-refractivity contribution is 5.29. The van der Waals surface area contributed by atoms with Gasteiger partial charge in [-0.05, 0) is 36.6 Å². The molecular formula is C14H15F2N3. The number of aryl methyl sites for hydroxylation is 1. The largest absolute Gasteiger partial charge is 0.271 e. The normalized spacial score (nSPS) is 12.4. The average molecular weight is 263 g/mol. The van der Waals surface area contributed by atoms with Gasteiger partial charge in [-0.15, -0.1) is 0 Å². The lowest BCUT2D eigenvalue weighted by atomic mass is 9.98. The number of nitrogens with zero attached hydrogens (tertiary/aromatic N) is 1. The first kappa shape index (κ1) is 13.6. The first-order valence-electron chi connectivity index (χ1n) is 5.93. The fourth-order valence-corrected chi connectivity index (χ4v) is 1.94. The topological polar surface area (TPSA) is 50.9 Å². The Morgan fingerprint density at radius 1 is 1.16 bits per heavy atom. The van der Waals surface area contributed by atoms with Gasteiger partial charge in [0, 0.05) is 18.0 Å². The first-order valence-corrected chi connectivity index (χ1v) is 5.93. The molecule has 0 aliphatic heterocycles. The summed E-state index contributed by atoms with van der Waals surface area (Å²) in [6.07, 6.45) is 3.75. The summed E-state index contributed by atoms with van der Waals surface area (Å²) < 4.78 is 27.5. The molecule has 0 fully saturated rings. The predicted octanol–water partition coefficient (Wildman–Crippen LogP) is 2.42. The van der Waals surface area contributed by atoms with Crippen LogP contribution >= 0.6 is 0 Å². The van der Waals surface area contributed by atoms with Crippen LogP contribution in [0.25, 0.3) is 0 Å². The highest BCUT2D eigenvalue weighted by Crippen LogP contribution is 2.24. The molecule has 0 radical (unpaired) electrons. The zero-order chi connectivity index (χ0) is 13.8. The fraction of sp³-hybridized carbons (Fsp3) is 0.214. The molecule has 19 heavy (non-hydrogen) atoms. The van der Waals surface area contributed by atoms with Crippen molar-refractivity contribution in [3.05, 3.63) is 65.0 Å². The summed E-state index contributed by atoms with van der Waals surface area (Å²) in [4.78, 5) is 3.91. The second kappa shape index (κ2) is 5.86. The summed E-state index contributed by atoms with van der Waals surface area (Å²) in [6, 6.07) is 6.24. The minimum atomic E-state index is -0.850. The maximum atomic E-state index is 13.9. The highest BCUT2D eigenvalue weighted by Gasteiger charge is 2.19. The van der Waals surface area contributed by atoms with Gasteiger partial charge in [-0.2, -0.15) is 0 Å². The zero-order valence-corrected chi connectivity index (χ0v) is 10.5. The van der Waals surface area contributed by atoms with E-state index >= 15 is 0 Å². The summed E-state index contributed by atoms with van der Waals surface area (Å²) in [5.74, 6) is 3.78. The fourth-order valence-electron chi connectivity index (χ4n) is 1.94. The van der Waals surface area contributed by atoms with Crippen molar-refractivity contribution in [1.29, 1.82) is 0 Å². The quantitative estimate of drug-likeness (QED) is 0.658. The first-order chi connectivity index (χ1) is 9.13. The maximum absolute atomic E-state index is 13.9. The van der Waals surface area contributed by atoms with Crippen molar-refractivity contribution in [2.75, 3.05) is 0 Å². The van der Waals surface area contributed by atoms with E-state index in [2.05, 4.69) is 10.4 Å². The molecule has 1 unspecified atom stereocenters. The standard InChI is InChI=1S/C14H15F2N3/c1-9-2-3-11(14(16)13(9)15)12(19-17)8-10-4-6-18-7-5-10/h2-7,12,19H,8,17H2,1H3. The van der Waals surface area contributed by atoms with E-state index < -0.39 is 17.7 Å². The van der Waals surface area contributed by atoms with Crippen LogP contribution in [0.4, 0.5) is 8.78 Å². The summed E-state index contributed by atoms with van der Waals surface area (Å²) in [5, 5.41) is 0. The summed E-state index contributed by atoms with van der Waals surface area (Å²) >= 11 is 0. The Balaban J connectivity index is 2.30. The van der Waals surface area contributed by atoms with Crippen LogP contribution in [-0.2, 0) is 6.42 Å². The molecule has 1 heterocycles. The molecule has 0 amide bonds. The lowest BCUT2D eigenvalue weighted by Gasteiger charge is -2.18. The van der Waals surface area contributed by atoms with E-state index in [0.29, 0.717) is 6.42 Å². The van der Waals surface area contributed by atoms with Crippen LogP contribution in [0.1, 0.15) is 22.7 Å². The molecule has 0 bridgehead atoms. The molecule has 0 aliphatic carbocycles. The van der Waals surface area contributed by atoms with E-state index in [9.17, 15) is 8.78 Å². The van der Waals surface area contributed by atoms with Crippen LogP contribution in [0.2, 0.25) is 0 Å². The van der Waals surface area contributed by atoms with Gasteiger partial charge < -0.3 is 0 Å². The number of hydrogen-bond donors (Lipinski definition) is 2. The third kappa shape index (κ3) is 2.94. The molecule has 0 spiro atoms. The third-order valence-electron chi connectivity index (χ3n) is 3.07. The van der Waals surface area contributed by atoms with Gasteiger partial charge in [0.1, 0.15) is 0 Å². The molecular weight excluding hydrogens is 248 g/mol. The van der Waals surface area contributed by atoms with E-state index in [-0.39, 0.29) is 11.1 Å². The molecule has 100 valence electrons. The average Bonchev–Trinajstić information content (AvgIpc) is 2.44. The second-order valence-electron chi connectivity index (χ2n) is 4.38. The molecule has 3 nitrogen and oxygen atoms in total. The van der Waals surface area contributed by atoms with Crippen molar-refractivity contribution in [2.24, 2.45) is 5.84 Å². The minimum Gasteiger partial charge on any atom is -0.271 e. The third-order valence-corrected chi connectivity index (χ3v) is 3.07. The number of aromatic nitrogens is 1. The van der Waals surface area contributed by atoms with Crippen molar-refractivity contribution in [1.82, 2.24) is 10.4 Å². The predicted molar refractivity (Wildman–Crippen MR) is 69.1 cm³/mol. The van der Waals surface area contributed by atoms with Crippen LogP contribution in [-0.4, -0.2) is 4.98 Å². The summed E-state index contributed by atoms with van der Waals surface area (Å²) in [5.41, 5.74) is 3.97. The SMILES string of the molecule is Cc1ccc(C(Cc2ccncc2)NN)c(F)c1F. The smallest absolute Gasteiger partial charge is 0.163 e. The molecule has 0 saturated heterocycles. The molecule has 1 aromatic carbocycles. The van der Waals surface area contributed by atoms with Gasteiger partial charge in [-0.1, -0.05) is 12.1 Å². The molecule has 1 atom stereocenters. The molecule has 2 rings (SSSR count). The molecule has 1 aromatic heterocycles. The number of rotatable bonds is 4. The number of pyridine rings is 1. The van der Waals surface area contributed by atoms with Crippen LogP contribution in [0.3, 0.4) is 0 Å². The second-order valence-corrected chi connectivity index (χ2v) is 4.38. The van der Waals surface area contributed by atoms with Gasteiger partial charge in [0.05, 0.1) is 6.04 Å². The zero-order valence-electron chi connectivity index (χ0n) is 10.5. The minimum absolute atomic E-state index is 0.224. The van der Waals surface area contributed by atoms with Crippen LogP contribution < -0.4 is 11.3 Å².